The number of ether oxygens (including phenoxy) is 2. The van der Waals surface area contributed by atoms with Gasteiger partial charge in [-0.05, 0) is 19.1 Å². The van der Waals surface area contributed by atoms with Gasteiger partial charge in [-0.2, -0.15) is 4.98 Å². The normalized spacial score (nSPS) is 10.1. The second-order valence-electron chi connectivity index (χ2n) is 3.70. The van der Waals surface area contributed by atoms with Crippen LogP contribution in [0.15, 0.2) is 24.3 Å². The van der Waals surface area contributed by atoms with Crippen LogP contribution in [0, 0.1) is 0 Å². The molecule has 0 fully saturated rings. The van der Waals surface area contributed by atoms with Gasteiger partial charge in [0.1, 0.15) is 0 Å². The summed E-state index contributed by atoms with van der Waals surface area (Å²) in [5.74, 6) is -0.0689. The van der Waals surface area contributed by atoms with Gasteiger partial charge in [-0.3, -0.25) is 10.1 Å². The number of amides is 1. The number of rotatable bonds is 6. The van der Waals surface area contributed by atoms with Crippen LogP contribution in [0.4, 0.5) is 5.95 Å². The van der Waals surface area contributed by atoms with Gasteiger partial charge in [0.05, 0.1) is 6.61 Å². The fourth-order valence-electron chi connectivity index (χ4n) is 1.39. The van der Waals surface area contributed by atoms with E-state index in [1.165, 1.54) is 6.07 Å². The molecule has 1 heterocycles. The lowest BCUT2D eigenvalue weighted by molar-refractivity contribution is -0.118. The fourth-order valence-corrected chi connectivity index (χ4v) is 1.39. The summed E-state index contributed by atoms with van der Waals surface area (Å²) >= 11 is 0. The van der Waals surface area contributed by atoms with Crippen LogP contribution in [0.3, 0.4) is 0 Å². The van der Waals surface area contributed by atoms with Crippen LogP contribution in [0.5, 0.6) is 17.5 Å². The molecule has 8 nitrogen and oxygen atoms in total. The molecule has 1 aromatic heterocycles. The van der Waals surface area contributed by atoms with Gasteiger partial charge in [0.2, 0.25) is 5.95 Å². The minimum absolute atomic E-state index is 0.0291. The summed E-state index contributed by atoms with van der Waals surface area (Å²) in [5, 5.41) is 18.2. The van der Waals surface area contributed by atoms with Crippen LogP contribution in [-0.2, 0) is 4.79 Å². The molecule has 0 bridgehead atoms. The predicted octanol–water partition coefficient (Wildman–Crippen LogP) is 0.926. The molecule has 0 radical (unpaired) electrons. The van der Waals surface area contributed by atoms with Gasteiger partial charge >= 0.3 is 6.01 Å². The van der Waals surface area contributed by atoms with Crippen molar-refractivity contribution in [2.24, 2.45) is 0 Å². The molecule has 0 saturated carbocycles. The zero-order valence-electron chi connectivity index (χ0n) is 10.8. The quantitative estimate of drug-likeness (QED) is 0.725. The second kappa shape index (κ2) is 6.41. The predicted molar refractivity (Wildman–Crippen MR) is 69.8 cm³/mol. The Morgan fingerprint density at radius 1 is 1.40 bits per heavy atom. The maximum atomic E-state index is 11.6. The smallest absolute Gasteiger partial charge is 0.337 e. The van der Waals surface area contributed by atoms with E-state index in [2.05, 4.69) is 20.5 Å². The number of aromatic amines is 1. The number of benzene rings is 1. The van der Waals surface area contributed by atoms with Gasteiger partial charge in [-0.25, -0.2) is 5.10 Å². The van der Waals surface area contributed by atoms with Crippen LogP contribution >= 0.6 is 0 Å². The van der Waals surface area contributed by atoms with Crippen molar-refractivity contribution in [2.45, 2.75) is 6.92 Å². The third-order valence-corrected chi connectivity index (χ3v) is 2.22. The lowest BCUT2D eigenvalue weighted by Gasteiger charge is -2.06. The van der Waals surface area contributed by atoms with E-state index in [4.69, 9.17) is 9.47 Å². The third kappa shape index (κ3) is 3.61. The minimum atomic E-state index is -0.438. The van der Waals surface area contributed by atoms with Crippen molar-refractivity contribution >= 4 is 11.9 Å². The van der Waals surface area contributed by atoms with E-state index in [9.17, 15) is 9.90 Å². The number of aromatic nitrogens is 3. The van der Waals surface area contributed by atoms with E-state index in [1.54, 1.807) is 25.1 Å². The van der Waals surface area contributed by atoms with Crippen LogP contribution < -0.4 is 14.8 Å². The SMILES string of the molecule is CCOc1n[nH]c(NC(=O)COc2ccccc2O)n1. The standard InChI is InChI=1S/C12H14N4O4/c1-2-19-12-14-11(15-16-12)13-10(18)7-20-9-6-4-3-5-8(9)17/h3-6,17H,2,7H2,1H3,(H2,13,14,15,16,18). The lowest BCUT2D eigenvalue weighted by atomic mass is 10.3. The maximum absolute atomic E-state index is 11.6. The summed E-state index contributed by atoms with van der Waals surface area (Å²) < 4.78 is 10.2. The number of hydrogen-bond acceptors (Lipinski definition) is 6. The highest BCUT2D eigenvalue weighted by atomic mass is 16.5. The number of carbonyl (C=O) groups is 1. The summed E-state index contributed by atoms with van der Waals surface area (Å²) in [6.45, 7) is 1.97. The molecule has 3 N–H and O–H groups in total. The molecule has 0 aliphatic rings. The Hall–Kier alpha value is -2.77. The van der Waals surface area contributed by atoms with E-state index < -0.39 is 5.91 Å². The first-order valence-corrected chi connectivity index (χ1v) is 5.95. The molecule has 0 spiro atoms. The zero-order valence-corrected chi connectivity index (χ0v) is 10.8. The van der Waals surface area contributed by atoms with Crippen molar-refractivity contribution in [1.82, 2.24) is 15.2 Å². The Morgan fingerprint density at radius 2 is 2.20 bits per heavy atom. The van der Waals surface area contributed by atoms with Gasteiger partial charge in [-0.15, -0.1) is 5.10 Å². The van der Waals surface area contributed by atoms with Gasteiger partial charge in [-0.1, -0.05) is 12.1 Å². The van der Waals surface area contributed by atoms with E-state index >= 15 is 0 Å². The van der Waals surface area contributed by atoms with Crippen molar-refractivity contribution in [1.29, 1.82) is 0 Å². The first kappa shape index (κ1) is 13.7. The Morgan fingerprint density at radius 3 is 2.95 bits per heavy atom. The molecular weight excluding hydrogens is 264 g/mol. The number of aromatic hydroxyl groups is 1. The average molecular weight is 278 g/mol. The molecule has 0 unspecified atom stereocenters. The number of H-pyrrole nitrogens is 1. The number of hydrogen-bond donors (Lipinski definition) is 3. The molecule has 1 amide bonds. The summed E-state index contributed by atoms with van der Waals surface area (Å²) in [6.07, 6.45) is 0. The Bertz CT molecular complexity index is 584. The average Bonchev–Trinajstić information content (AvgIpc) is 2.85. The zero-order chi connectivity index (χ0) is 14.4. The highest BCUT2D eigenvalue weighted by molar-refractivity contribution is 5.90. The van der Waals surface area contributed by atoms with Gasteiger partial charge in [0, 0.05) is 0 Å². The Kier molecular flexibility index (Phi) is 4.38. The molecule has 106 valence electrons. The largest absolute Gasteiger partial charge is 0.504 e. The number of nitrogens with one attached hydrogen (secondary N) is 2. The Balaban J connectivity index is 1.84. The molecule has 0 saturated heterocycles. The fraction of sp³-hybridized carbons (Fsp3) is 0.250. The van der Waals surface area contributed by atoms with Crippen molar-refractivity contribution < 1.29 is 19.4 Å². The highest BCUT2D eigenvalue weighted by Gasteiger charge is 2.09. The topological polar surface area (TPSA) is 109 Å². The maximum Gasteiger partial charge on any atom is 0.337 e. The molecule has 2 aromatic rings. The molecule has 2 rings (SSSR count). The van der Waals surface area contributed by atoms with Crippen molar-refractivity contribution in [3.05, 3.63) is 24.3 Å². The van der Waals surface area contributed by atoms with Gasteiger partial charge < -0.3 is 14.6 Å². The van der Waals surface area contributed by atoms with Crippen molar-refractivity contribution in [2.75, 3.05) is 18.5 Å². The number of para-hydroxylation sites is 2. The Labute approximate surface area is 114 Å². The van der Waals surface area contributed by atoms with Crippen LogP contribution in [-0.4, -0.2) is 39.4 Å². The van der Waals surface area contributed by atoms with Crippen molar-refractivity contribution in [3.8, 4) is 17.5 Å². The van der Waals surface area contributed by atoms with E-state index in [0.29, 0.717) is 6.61 Å². The first-order chi connectivity index (χ1) is 9.69. The summed E-state index contributed by atoms with van der Waals surface area (Å²) in [7, 11) is 0. The van der Waals surface area contributed by atoms with Gasteiger partial charge in [0.15, 0.2) is 18.1 Å². The molecular formula is C12H14N4O4. The van der Waals surface area contributed by atoms with Crippen LogP contribution in [0.25, 0.3) is 0 Å². The monoisotopic (exact) mass is 278 g/mol. The van der Waals surface area contributed by atoms with Gasteiger partial charge in [0.25, 0.3) is 5.91 Å². The second-order valence-corrected chi connectivity index (χ2v) is 3.70. The molecule has 0 aliphatic heterocycles. The van der Waals surface area contributed by atoms with Crippen molar-refractivity contribution in [3.63, 3.8) is 0 Å². The number of phenols is 1. The molecule has 20 heavy (non-hydrogen) atoms. The molecule has 1 aromatic carbocycles. The van der Waals surface area contributed by atoms with E-state index in [0.717, 1.165) is 0 Å². The summed E-state index contributed by atoms with van der Waals surface area (Å²) in [4.78, 5) is 15.5. The summed E-state index contributed by atoms with van der Waals surface area (Å²) in [6, 6.07) is 6.54. The van der Waals surface area contributed by atoms with E-state index in [1.807, 2.05) is 0 Å². The van der Waals surface area contributed by atoms with Crippen LogP contribution in [0.1, 0.15) is 6.92 Å². The highest BCUT2D eigenvalue weighted by Crippen LogP contribution is 2.24. The third-order valence-electron chi connectivity index (χ3n) is 2.22. The number of anilines is 1. The number of nitrogens with zero attached hydrogens (tertiary/aromatic N) is 2. The molecule has 0 atom stereocenters. The molecule has 8 heteroatoms. The molecule has 0 aliphatic carbocycles. The first-order valence-electron chi connectivity index (χ1n) is 5.95. The number of phenolic OH excluding ortho intramolecular Hbond substituents is 1. The summed E-state index contributed by atoms with van der Waals surface area (Å²) in [5.41, 5.74) is 0. The minimum Gasteiger partial charge on any atom is -0.504 e. The number of carbonyl (C=O) groups excluding carboxylic acids is 1. The van der Waals surface area contributed by atoms with Crippen LogP contribution in [0.2, 0.25) is 0 Å². The van der Waals surface area contributed by atoms with E-state index in [-0.39, 0.29) is 30.1 Å². The lowest BCUT2D eigenvalue weighted by Crippen LogP contribution is -2.20.